The summed E-state index contributed by atoms with van der Waals surface area (Å²) in [6, 6.07) is 4.99. The van der Waals surface area contributed by atoms with Gasteiger partial charge in [-0.2, -0.15) is 0 Å². The van der Waals surface area contributed by atoms with Crippen molar-refractivity contribution in [2.75, 3.05) is 11.4 Å². The summed E-state index contributed by atoms with van der Waals surface area (Å²) < 4.78 is 0. The molecule has 1 aliphatic carbocycles. The van der Waals surface area contributed by atoms with Crippen molar-refractivity contribution in [3.63, 3.8) is 0 Å². The lowest BCUT2D eigenvalue weighted by molar-refractivity contribution is 0.429. The van der Waals surface area contributed by atoms with E-state index in [-0.39, 0.29) is 0 Å². The van der Waals surface area contributed by atoms with Crippen molar-refractivity contribution in [3.8, 4) is 0 Å². The van der Waals surface area contributed by atoms with Crippen LogP contribution >= 0.6 is 15.9 Å². The number of pyridine rings is 1. The molecule has 1 saturated carbocycles. The number of halogens is 1. The topological polar surface area (TPSA) is 16.1 Å². The molecule has 2 nitrogen and oxygen atoms in total. The second kappa shape index (κ2) is 5.60. The molecule has 0 radical (unpaired) electrons. The molecule has 1 aromatic rings. The van der Waals surface area contributed by atoms with Gasteiger partial charge in [-0.05, 0) is 37.7 Å². The van der Waals surface area contributed by atoms with Gasteiger partial charge in [0.1, 0.15) is 5.82 Å². The van der Waals surface area contributed by atoms with Gasteiger partial charge in [0.2, 0.25) is 0 Å². The van der Waals surface area contributed by atoms with Gasteiger partial charge in [-0.15, -0.1) is 0 Å². The molecule has 0 aromatic carbocycles. The lowest BCUT2D eigenvalue weighted by Crippen LogP contribution is -2.35. The van der Waals surface area contributed by atoms with Gasteiger partial charge in [-0.25, -0.2) is 4.98 Å². The molecule has 2 fully saturated rings. The first kappa shape index (κ1) is 12.5. The maximum absolute atomic E-state index is 4.65. The van der Waals surface area contributed by atoms with Crippen LogP contribution < -0.4 is 4.90 Å². The highest BCUT2D eigenvalue weighted by atomic mass is 79.9. The Balaban J connectivity index is 1.85. The predicted molar refractivity (Wildman–Crippen MR) is 79.2 cm³/mol. The summed E-state index contributed by atoms with van der Waals surface area (Å²) in [4.78, 5) is 7.24. The van der Waals surface area contributed by atoms with Gasteiger partial charge >= 0.3 is 0 Å². The first-order chi connectivity index (χ1) is 8.90. The van der Waals surface area contributed by atoms with E-state index in [0.717, 1.165) is 17.3 Å². The van der Waals surface area contributed by atoms with Gasteiger partial charge in [0.25, 0.3) is 0 Å². The quantitative estimate of drug-likeness (QED) is 0.780. The van der Waals surface area contributed by atoms with E-state index < -0.39 is 0 Å². The van der Waals surface area contributed by atoms with Gasteiger partial charge in [-0.3, -0.25) is 0 Å². The van der Waals surface area contributed by atoms with Crippen molar-refractivity contribution in [1.29, 1.82) is 0 Å². The smallest absolute Gasteiger partial charge is 0.132 e. The van der Waals surface area contributed by atoms with Gasteiger partial charge < -0.3 is 4.90 Å². The molecule has 0 N–H and O–H groups in total. The molecule has 0 bridgehead atoms. The molecular formula is C15H21BrN2. The molecule has 2 aliphatic rings. The van der Waals surface area contributed by atoms with Crippen molar-refractivity contribution in [2.24, 2.45) is 5.92 Å². The van der Waals surface area contributed by atoms with Crippen LogP contribution in [0.5, 0.6) is 0 Å². The Morgan fingerprint density at radius 2 is 2.06 bits per heavy atom. The fourth-order valence-electron chi connectivity index (χ4n) is 3.68. The summed E-state index contributed by atoms with van der Waals surface area (Å²) in [5.74, 6) is 2.14. The number of nitrogens with zero attached hydrogens (tertiary/aromatic N) is 2. The summed E-state index contributed by atoms with van der Waals surface area (Å²) in [6.45, 7) is 1.19. The summed E-state index contributed by atoms with van der Waals surface area (Å²) in [6.07, 6.45) is 10.4. The van der Waals surface area contributed by atoms with Gasteiger partial charge in [0.05, 0.1) is 0 Å². The second-order valence-corrected chi connectivity index (χ2v) is 6.13. The third-order valence-corrected chi connectivity index (χ3v) is 5.13. The van der Waals surface area contributed by atoms with E-state index in [1.54, 1.807) is 0 Å². The van der Waals surface area contributed by atoms with Crippen molar-refractivity contribution in [2.45, 2.75) is 49.9 Å². The normalized spacial score (nSPS) is 24.9. The first-order valence-corrected chi connectivity index (χ1v) is 8.29. The molecule has 1 unspecified atom stereocenters. The molecule has 0 amide bonds. The second-order valence-electron chi connectivity index (χ2n) is 5.57. The largest absolute Gasteiger partial charge is 0.353 e. The van der Waals surface area contributed by atoms with Gasteiger partial charge in [0, 0.05) is 29.7 Å². The lowest BCUT2D eigenvalue weighted by Gasteiger charge is -2.31. The van der Waals surface area contributed by atoms with Crippen LogP contribution in [0.1, 0.15) is 44.1 Å². The molecule has 2 heterocycles. The monoisotopic (exact) mass is 308 g/mol. The zero-order valence-corrected chi connectivity index (χ0v) is 12.4. The number of hydrogen-bond donors (Lipinski definition) is 0. The third kappa shape index (κ3) is 2.29. The number of anilines is 1. The fraction of sp³-hybridized carbons (Fsp3) is 0.667. The van der Waals surface area contributed by atoms with Crippen LogP contribution in [0.25, 0.3) is 0 Å². The highest BCUT2D eigenvalue weighted by Gasteiger charge is 2.34. The van der Waals surface area contributed by atoms with Crippen LogP contribution in [-0.4, -0.2) is 17.6 Å². The molecule has 3 heteroatoms. The Kier molecular flexibility index (Phi) is 3.88. The number of alkyl halides is 1. The molecule has 0 spiro atoms. The SMILES string of the molecule is BrCc1cccnc1N1CCCC1C1CCCC1. The lowest BCUT2D eigenvalue weighted by atomic mass is 9.96. The average Bonchev–Trinajstić information content (AvgIpc) is 3.09. The summed E-state index contributed by atoms with van der Waals surface area (Å²) in [5, 5.41) is 0.907. The van der Waals surface area contributed by atoms with Crippen molar-refractivity contribution < 1.29 is 0 Å². The van der Waals surface area contributed by atoms with Crippen molar-refractivity contribution >= 4 is 21.7 Å². The Bertz CT molecular complexity index is 401. The maximum atomic E-state index is 4.65. The van der Waals surface area contributed by atoms with E-state index in [4.69, 9.17) is 0 Å². The molecule has 1 saturated heterocycles. The molecule has 1 atom stereocenters. The molecule has 98 valence electrons. The van der Waals surface area contributed by atoms with Gasteiger partial charge in [-0.1, -0.05) is 34.8 Å². The summed E-state index contributed by atoms with van der Waals surface area (Å²) in [5.41, 5.74) is 1.34. The fourth-order valence-corrected chi connectivity index (χ4v) is 4.12. The van der Waals surface area contributed by atoms with E-state index in [1.807, 2.05) is 12.3 Å². The van der Waals surface area contributed by atoms with Crippen LogP contribution in [0.15, 0.2) is 18.3 Å². The highest BCUT2D eigenvalue weighted by Crippen LogP contribution is 2.38. The van der Waals surface area contributed by atoms with Crippen LogP contribution in [-0.2, 0) is 5.33 Å². The van der Waals surface area contributed by atoms with E-state index in [2.05, 4.69) is 31.9 Å². The zero-order chi connectivity index (χ0) is 12.4. The van der Waals surface area contributed by atoms with Gasteiger partial charge in [0.15, 0.2) is 0 Å². The van der Waals surface area contributed by atoms with Crippen LogP contribution in [0.4, 0.5) is 5.82 Å². The van der Waals surface area contributed by atoms with Crippen LogP contribution in [0.3, 0.4) is 0 Å². The Hall–Kier alpha value is -0.570. The summed E-state index contributed by atoms with van der Waals surface area (Å²) in [7, 11) is 0. The Morgan fingerprint density at radius 1 is 1.22 bits per heavy atom. The Labute approximate surface area is 118 Å². The molecule has 1 aromatic heterocycles. The minimum atomic E-state index is 0.750. The number of hydrogen-bond acceptors (Lipinski definition) is 2. The highest BCUT2D eigenvalue weighted by molar-refractivity contribution is 9.08. The number of aromatic nitrogens is 1. The number of rotatable bonds is 3. The van der Waals surface area contributed by atoms with E-state index in [9.17, 15) is 0 Å². The van der Waals surface area contributed by atoms with Crippen LogP contribution in [0.2, 0.25) is 0 Å². The summed E-state index contributed by atoms with van der Waals surface area (Å²) >= 11 is 3.59. The zero-order valence-electron chi connectivity index (χ0n) is 10.8. The average molecular weight is 309 g/mol. The van der Waals surface area contributed by atoms with E-state index >= 15 is 0 Å². The Morgan fingerprint density at radius 3 is 2.83 bits per heavy atom. The minimum Gasteiger partial charge on any atom is -0.353 e. The third-order valence-electron chi connectivity index (χ3n) is 4.53. The van der Waals surface area contributed by atoms with E-state index in [0.29, 0.717) is 0 Å². The maximum Gasteiger partial charge on any atom is 0.132 e. The minimum absolute atomic E-state index is 0.750. The molecular weight excluding hydrogens is 288 g/mol. The van der Waals surface area contributed by atoms with Crippen molar-refractivity contribution in [1.82, 2.24) is 4.98 Å². The molecule has 18 heavy (non-hydrogen) atoms. The molecule has 1 aliphatic heterocycles. The van der Waals surface area contributed by atoms with Crippen LogP contribution in [0, 0.1) is 5.92 Å². The first-order valence-electron chi connectivity index (χ1n) is 7.16. The predicted octanol–water partition coefficient (Wildman–Crippen LogP) is 4.14. The van der Waals surface area contributed by atoms with Crippen molar-refractivity contribution in [3.05, 3.63) is 23.9 Å². The van der Waals surface area contributed by atoms with E-state index in [1.165, 1.54) is 56.5 Å². The standard InChI is InChI=1S/C15H21BrN2/c16-11-13-7-3-9-17-15(13)18-10-4-8-14(18)12-5-1-2-6-12/h3,7,9,12,14H,1-2,4-6,8,10-11H2. The molecule has 3 rings (SSSR count).